The normalized spacial score (nSPS) is 12.4. The molecule has 0 radical (unpaired) electrons. The molecule has 1 aromatic heterocycles. The Bertz CT molecular complexity index is 1180. The number of anilines is 1. The molecule has 2 aromatic carbocycles. The summed E-state index contributed by atoms with van der Waals surface area (Å²) in [5.41, 5.74) is 0.603. The van der Waals surface area contributed by atoms with Crippen LogP contribution < -0.4 is 4.72 Å². The van der Waals surface area contributed by atoms with Gasteiger partial charge in [0.25, 0.3) is 10.0 Å². The second-order valence-corrected chi connectivity index (χ2v) is 10.9. The van der Waals surface area contributed by atoms with Gasteiger partial charge in [-0.25, -0.2) is 16.8 Å². The van der Waals surface area contributed by atoms with E-state index in [-0.39, 0.29) is 14.8 Å². The highest BCUT2D eigenvalue weighted by molar-refractivity contribution is 7.95. The van der Waals surface area contributed by atoms with Gasteiger partial charge >= 0.3 is 0 Å². The van der Waals surface area contributed by atoms with Gasteiger partial charge < -0.3 is 0 Å². The van der Waals surface area contributed by atoms with Crippen molar-refractivity contribution in [3.05, 3.63) is 53.1 Å². The molecule has 3 rings (SSSR count). The Morgan fingerprint density at radius 3 is 2.40 bits per heavy atom. The molecule has 0 saturated carbocycles. The summed E-state index contributed by atoms with van der Waals surface area (Å²) in [6.07, 6.45) is 1.03. The summed E-state index contributed by atoms with van der Waals surface area (Å²) in [7, 11) is -7.51. The number of aryl methyl sites for hydroxylation is 1. The van der Waals surface area contributed by atoms with Gasteiger partial charge in [0.1, 0.15) is 4.21 Å². The van der Waals surface area contributed by atoms with E-state index in [1.54, 1.807) is 37.3 Å². The van der Waals surface area contributed by atoms with Gasteiger partial charge in [-0.15, -0.1) is 11.3 Å². The Labute approximate surface area is 155 Å². The number of fused-ring (bicyclic) bond motifs is 1. The molecule has 25 heavy (non-hydrogen) atoms. The van der Waals surface area contributed by atoms with Crippen molar-refractivity contribution in [3.8, 4) is 0 Å². The van der Waals surface area contributed by atoms with E-state index < -0.39 is 19.9 Å². The summed E-state index contributed by atoms with van der Waals surface area (Å²) < 4.78 is 52.7. The van der Waals surface area contributed by atoms with Gasteiger partial charge in [-0.3, -0.25) is 4.72 Å². The number of rotatable bonds is 4. The molecule has 0 fully saturated rings. The van der Waals surface area contributed by atoms with Crippen LogP contribution in [0.25, 0.3) is 10.1 Å². The molecule has 0 aliphatic heterocycles. The van der Waals surface area contributed by atoms with Crippen LogP contribution in [0.15, 0.2) is 51.6 Å². The first kappa shape index (κ1) is 18.2. The van der Waals surface area contributed by atoms with E-state index in [0.717, 1.165) is 27.7 Å². The second kappa shape index (κ2) is 6.28. The molecule has 0 aliphatic carbocycles. The van der Waals surface area contributed by atoms with Crippen LogP contribution in [0.5, 0.6) is 0 Å². The smallest absolute Gasteiger partial charge is 0.271 e. The van der Waals surface area contributed by atoms with Crippen molar-refractivity contribution in [3.63, 3.8) is 0 Å². The van der Waals surface area contributed by atoms with E-state index >= 15 is 0 Å². The van der Waals surface area contributed by atoms with Crippen molar-refractivity contribution in [2.24, 2.45) is 0 Å². The lowest BCUT2D eigenvalue weighted by Crippen LogP contribution is -2.15. The molecule has 5 nitrogen and oxygen atoms in total. The Morgan fingerprint density at radius 1 is 1.04 bits per heavy atom. The second-order valence-electron chi connectivity index (χ2n) is 5.53. The summed E-state index contributed by atoms with van der Waals surface area (Å²) in [5, 5.41) is 1.28. The zero-order chi connectivity index (χ0) is 18.4. The number of benzene rings is 2. The number of sulfone groups is 1. The minimum atomic E-state index is -3.94. The standard InChI is InChI=1S/C16H14ClNO4S3/c1-10-12-9-11(17)7-8-14(12)23-16(10)25(21,22)18-13-5-3-4-6-15(13)24(2,19)20/h3-9,18H,1-2H3. The highest BCUT2D eigenvalue weighted by Gasteiger charge is 2.24. The van der Waals surface area contributed by atoms with Crippen LogP contribution >= 0.6 is 22.9 Å². The first-order valence-corrected chi connectivity index (χ1v) is 11.7. The van der Waals surface area contributed by atoms with Gasteiger partial charge in [-0.1, -0.05) is 23.7 Å². The van der Waals surface area contributed by atoms with Crippen LogP contribution in [-0.4, -0.2) is 23.1 Å². The Balaban J connectivity index is 2.12. The molecule has 1 N–H and O–H groups in total. The van der Waals surface area contributed by atoms with Crippen molar-refractivity contribution >= 4 is 58.6 Å². The zero-order valence-electron chi connectivity index (χ0n) is 13.3. The van der Waals surface area contributed by atoms with Gasteiger partial charge in [0.05, 0.1) is 10.6 Å². The van der Waals surface area contributed by atoms with Crippen molar-refractivity contribution < 1.29 is 16.8 Å². The molecule has 0 aliphatic rings. The first-order valence-electron chi connectivity index (χ1n) is 7.10. The monoisotopic (exact) mass is 415 g/mol. The van der Waals surface area contributed by atoms with E-state index in [9.17, 15) is 16.8 Å². The van der Waals surface area contributed by atoms with Crippen LogP contribution in [0.3, 0.4) is 0 Å². The largest absolute Gasteiger partial charge is 0.278 e. The highest BCUT2D eigenvalue weighted by atomic mass is 35.5. The maximum Gasteiger partial charge on any atom is 0.271 e. The zero-order valence-corrected chi connectivity index (χ0v) is 16.5. The quantitative estimate of drug-likeness (QED) is 0.696. The average molecular weight is 416 g/mol. The molecule has 132 valence electrons. The number of hydrogen-bond acceptors (Lipinski definition) is 5. The van der Waals surface area contributed by atoms with Crippen LogP contribution in [-0.2, 0) is 19.9 Å². The Morgan fingerprint density at radius 2 is 1.72 bits per heavy atom. The van der Waals surface area contributed by atoms with E-state index in [1.165, 1.54) is 12.1 Å². The van der Waals surface area contributed by atoms with Gasteiger partial charge in [0.2, 0.25) is 0 Å². The maximum absolute atomic E-state index is 12.8. The first-order chi connectivity index (χ1) is 11.6. The van der Waals surface area contributed by atoms with Crippen LogP contribution in [0.1, 0.15) is 5.56 Å². The minimum Gasteiger partial charge on any atom is -0.278 e. The lowest BCUT2D eigenvalue weighted by molar-refractivity contribution is 0.602. The number of para-hydroxylation sites is 1. The average Bonchev–Trinajstić information content (AvgIpc) is 2.84. The third-order valence-corrected chi connectivity index (χ3v) is 8.28. The van der Waals surface area contributed by atoms with Crippen molar-refractivity contribution in [2.75, 3.05) is 11.0 Å². The maximum atomic E-state index is 12.8. The van der Waals surface area contributed by atoms with E-state index in [2.05, 4.69) is 4.72 Å². The van der Waals surface area contributed by atoms with Crippen LogP contribution in [0, 0.1) is 6.92 Å². The summed E-state index contributed by atoms with van der Waals surface area (Å²) >= 11 is 7.10. The van der Waals surface area contributed by atoms with Crippen molar-refractivity contribution in [1.82, 2.24) is 0 Å². The van der Waals surface area contributed by atoms with Crippen molar-refractivity contribution in [2.45, 2.75) is 16.0 Å². The molecule has 0 atom stereocenters. The number of hydrogen-bond donors (Lipinski definition) is 1. The van der Waals surface area contributed by atoms with E-state index in [0.29, 0.717) is 10.6 Å². The molecule has 0 amide bonds. The number of thiophene rings is 1. The summed E-state index contributed by atoms with van der Waals surface area (Å²) in [4.78, 5) is -0.0691. The molecular formula is C16H14ClNO4S3. The summed E-state index contributed by atoms with van der Waals surface area (Å²) in [6.45, 7) is 1.70. The SMILES string of the molecule is Cc1c(S(=O)(=O)Nc2ccccc2S(C)(=O)=O)sc2ccc(Cl)cc12. The third-order valence-electron chi connectivity index (χ3n) is 3.63. The fraction of sp³-hybridized carbons (Fsp3) is 0.125. The predicted octanol–water partition coefficient (Wildman–Crippen LogP) is 4.07. The van der Waals surface area contributed by atoms with Gasteiger partial charge in [-0.2, -0.15) is 0 Å². The predicted molar refractivity (Wildman–Crippen MR) is 102 cm³/mol. The lowest BCUT2D eigenvalue weighted by atomic mass is 10.2. The third kappa shape index (κ3) is 3.52. The van der Waals surface area contributed by atoms with Crippen LogP contribution in [0.2, 0.25) is 5.02 Å². The van der Waals surface area contributed by atoms with Crippen molar-refractivity contribution in [1.29, 1.82) is 0 Å². The molecule has 0 unspecified atom stereocenters. The van der Waals surface area contributed by atoms with Gasteiger partial charge in [0, 0.05) is 16.0 Å². The van der Waals surface area contributed by atoms with Gasteiger partial charge in [0.15, 0.2) is 9.84 Å². The highest BCUT2D eigenvalue weighted by Crippen LogP contribution is 2.36. The number of halogens is 1. The van der Waals surface area contributed by atoms with Crippen LogP contribution in [0.4, 0.5) is 5.69 Å². The lowest BCUT2D eigenvalue weighted by Gasteiger charge is -2.11. The fourth-order valence-electron chi connectivity index (χ4n) is 2.49. The molecule has 3 aromatic rings. The molecule has 1 heterocycles. The molecule has 0 saturated heterocycles. The van der Waals surface area contributed by atoms with E-state index in [1.807, 2.05) is 0 Å². The number of nitrogens with one attached hydrogen (secondary N) is 1. The Kier molecular flexibility index (Phi) is 4.57. The minimum absolute atomic E-state index is 0.0277. The summed E-state index contributed by atoms with van der Waals surface area (Å²) in [6, 6.07) is 11.1. The topological polar surface area (TPSA) is 80.3 Å². The molecular weight excluding hydrogens is 402 g/mol. The summed E-state index contributed by atoms with van der Waals surface area (Å²) in [5.74, 6) is 0. The van der Waals surface area contributed by atoms with E-state index in [4.69, 9.17) is 11.6 Å². The Hall–Kier alpha value is -1.61. The molecule has 0 spiro atoms. The fourth-order valence-corrected chi connectivity index (χ4v) is 6.40. The molecule has 0 bridgehead atoms. The molecule has 9 heteroatoms. The number of sulfonamides is 1. The van der Waals surface area contributed by atoms with Gasteiger partial charge in [-0.05, 0) is 48.2 Å².